The molecular formula is C11H19N3OS. The highest BCUT2D eigenvalue weighted by atomic mass is 32.1. The fourth-order valence-corrected chi connectivity index (χ4v) is 2.79. The van der Waals surface area contributed by atoms with Crippen molar-refractivity contribution in [1.29, 1.82) is 0 Å². The van der Waals surface area contributed by atoms with Crippen LogP contribution in [0.25, 0.3) is 0 Å². The third kappa shape index (κ3) is 2.71. The second-order valence-electron chi connectivity index (χ2n) is 4.17. The molecule has 0 spiro atoms. The molecule has 0 saturated heterocycles. The third-order valence-corrected chi connectivity index (χ3v) is 3.74. The summed E-state index contributed by atoms with van der Waals surface area (Å²) in [5, 5.41) is 4.05. The molecule has 0 amide bonds. The predicted molar refractivity (Wildman–Crippen MR) is 65.0 cm³/mol. The normalized spacial score (nSPS) is 25.6. The van der Waals surface area contributed by atoms with Gasteiger partial charge in [0.15, 0.2) is 0 Å². The molecule has 16 heavy (non-hydrogen) atoms. The van der Waals surface area contributed by atoms with Gasteiger partial charge < -0.3 is 10.1 Å². The second kappa shape index (κ2) is 5.59. The Labute approximate surface area is 101 Å². The first kappa shape index (κ1) is 11.8. The lowest BCUT2D eigenvalue weighted by Gasteiger charge is -2.30. The Morgan fingerprint density at radius 2 is 2.25 bits per heavy atom. The van der Waals surface area contributed by atoms with Crippen LogP contribution in [0.15, 0.2) is 0 Å². The Hall–Kier alpha value is -0.680. The lowest BCUT2D eigenvalue weighted by Crippen LogP contribution is -2.43. The van der Waals surface area contributed by atoms with Gasteiger partial charge in [0.25, 0.3) is 5.19 Å². The van der Waals surface area contributed by atoms with E-state index in [0.717, 1.165) is 23.9 Å². The Balaban J connectivity index is 1.96. The predicted octanol–water partition coefficient (Wildman–Crippen LogP) is 2.01. The summed E-state index contributed by atoms with van der Waals surface area (Å²) in [4.78, 5) is 4.35. The van der Waals surface area contributed by atoms with Gasteiger partial charge in [-0.25, -0.2) is 0 Å². The second-order valence-corrected chi connectivity index (χ2v) is 4.88. The summed E-state index contributed by atoms with van der Waals surface area (Å²) in [6.45, 7) is 2.06. The first-order valence-corrected chi connectivity index (χ1v) is 6.77. The molecule has 1 heterocycles. The topological polar surface area (TPSA) is 47.0 Å². The van der Waals surface area contributed by atoms with Crippen LogP contribution < -0.4 is 10.1 Å². The molecule has 2 atom stereocenters. The molecule has 1 aromatic rings. The van der Waals surface area contributed by atoms with E-state index in [2.05, 4.69) is 21.6 Å². The Morgan fingerprint density at radius 1 is 1.44 bits per heavy atom. The number of likely N-dealkylation sites (N-methyl/N-ethyl adjacent to an activating group) is 1. The van der Waals surface area contributed by atoms with Crippen LogP contribution in [0.5, 0.6) is 5.19 Å². The van der Waals surface area contributed by atoms with E-state index in [1.807, 2.05) is 7.05 Å². The Kier molecular flexibility index (Phi) is 4.12. The SMILES string of the molecule is CCc1nsc(OC2CCCCC2NC)n1. The van der Waals surface area contributed by atoms with Gasteiger partial charge in [-0.15, -0.1) is 0 Å². The fraction of sp³-hybridized carbons (Fsp3) is 0.818. The van der Waals surface area contributed by atoms with Crippen molar-refractivity contribution in [3.8, 4) is 5.19 Å². The van der Waals surface area contributed by atoms with Gasteiger partial charge in [-0.05, 0) is 26.3 Å². The van der Waals surface area contributed by atoms with Crippen LogP contribution in [-0.4, -0.2) is 28.6 Å². The smallest absolute Gasteiger partial charge is 0.293 e. The third-order valence-electron chi connectivity index (χ3n) is 3.09. The number of nitrogens with one attached hydrogen (secondary N) is 1. The van der Waals surface area contributed by atoms with E-state index in [4.69, 9.17) is 4.74 Å². The van der Waals surface area contributed by atoms with Gasteiger partial charge in [-0.2, -0.15) is 9.36 Å². The van der Waals surface area contributed by atoms with Crippen LogP contribution in [0.2, 0.25) is 0 Å². The van der Waals surface area contributed by atoms with Crippen molar-refractivity contribution >= 4 is 11.5 Å². The molecule has 0 bridgehead atoms. The molecule has 1 aromatic heterocycles. The van der Waals surface area contributed by atoms with Crippen LogP contribution in [0.1, 0.15) is 38.4 Å². The number of nitrogens with zero attached hydrogens (tertiary/aromatic N) is 2. The molecule has 1 saturated carbocycles. The fourth-order valence-electron chi connectivity index (χ4n) is 2.13. The molecule has 1 aliphatic rings. The van der Waals surface area contributed by atoms with Crippen molar-refractivity contribution in [3.63, 3.8) is 0 Å². The van der Waals surface area contributed by atoms with Gasteiger partial charge in [0.2, 0.25) is 0 Å². The van der Waals surface area contributed by atoms with Gasteiger partial charge >= 0.3 is 0 Å². The van der Waals surface area contributed by atoms with Crippen molar-refractivity contribution in [2.45, 2.75) is 51.2 Å². The average Bonchev–Trinajstić information content (AvgIpc) is 2.77. The van der Waals surface area contributed by atoms with Crippen molar-refractivity contribution in [2.75, 3.05) is 7.05 Å². The van der Waals surface area contributed by atoms with Crippen LogP contribution in [0.3, 0.4) is 0 Å². The van der Waals surface area contributed by atoms with Crippen LogP contribution in [0.4, 0.5) is 0 Å². The van der Waals surface area contributed by atoms with Crippen LogP contribution in [0, 0.1) is 0 Å². The molecule has 1 N–H and O–H groups in total. The summed E-state index contributed by atoms with van der Waals surface area (Å²) in [6, 6.07) is 0.461. The van der Waals surface area contributed by atoms with E-state index in [0.29, 0.717) is 6.04 Å². The zero-order valence-electron chi connectivity index (χ0n) is 9.90. The highest BCUT2D eigenvalue weighted by Crippen LogP contribution is 2.24. The minimum atomic E-state index is 0.261. The van der Waals surface area contributed by atoms with Crippen molar-refractivity contribution < 1.29 is 4.74 Å². The summed E-state index contributed by atoms with van der Waals surface area (Å²) >= 11 is 1.37. The Morgan fingerprint density at radius 3 is 2.94 bits per heavy atom. The number of hydrogen-bond donors (Lipinski definition) is 1. The largest absolute Gasteiger partial charge is 0.464 e. The number of hydrogen-bond acceptors (Lipinski definition) is 5. The summed E-state index contributed by atoms with van der Waals surface area (Å²) in [6.07, 6.45) is 5.99. The lowest BCUT2D eigenvalue weighted by molar-refractivity contribution is 0.117. The first-order chi connectivity index (χ1) is 7.83. The molecule has 2 unspecified atom stereocenters. The van der Waals surface area contributed by atoms with Gasteiger partial charge in [0.1, 0.15) is 11.9 Å². The molecule has 1 aliphatic carbocycles. The lowest BCUT2D eigenvalue weighted by atomic mass is 9.93. The maximum atomic E-state index is 5.92. The number of rotatable bonds is 4. The molecule has 2 rings (SSSR count). The monoisotopic (exact) mass is 241 g/mol. The molecule has 4 nitrogen and oxygen atoms in total. The molecular weight excluding hydrogens is 222 g/mol. The minimum absolute atomic E-state index is 0.261. The number of aromatic nitrogens is 2. The van der Waals surface area contributed by atoms with Crippen molar-refractivity contribution in [1.82, 2.24) is 14.7 Å². The molecule has 1 fully saturated rings. The number of ether oxygens (including phenoxy) is 1. The summed E-state index contributed by atoms with van der Waals surface area (Å²) in [5.41, 5.74) is 0. The van der Waals surface area contributed by atoms with E-state index in [9.17, 15) is 0 Å². The summed E-state index contributed by atoms with van der Waals surface area (Å²) in [5.74, 6) is 0.886. The van der Waals surface area contributed by atoms with Gasteiger partial charge in [-0.1, -0.05) is 13.3 Å². The maximum absolute atomic E-state index is 5.92. The first-order valence-electron chi connectivity index (χ1n) is 6.00. The van der Waals surface area contributed by atoms with Crippen LogP contribution in [-0.2, 0) is 6.42 Å². The van der Waals surface area contributed by atoms with E-state index < -0.39 is 0 Å². The minimum Gasteiger partial charge on any atom is -0.464 e. The van der Waals surface area contributed by atoms with Gasteiger partial charge in [0, 0.05) is 24.0 Å². The van der Waals surface area contributed by atoms with Crippen molar-refractivity contribution in [2.24, 2.45) is 0 Å². The number of aryl methyl sites for hydroxylation is 1. The standard InChI is InChI=1S/C11H19N3OS/c1-3-10-13-11(16-14-10)15-9-7-5-4-6-8(9)12-2/h8-9,12H,3-7H2,1-2H3. The summed E-state index contributed by atoms with van der Waals surface area (Å²) in [7, 11) is 2.00. The van der Waals surface area contributed by atoms with Gasteiger partial charge in [-0.3, -0.25) is 0 Å². The van der Waals surface area contributed by atoms with E-state index >= 15 is 0 Å². The molecule has 0 aliphatic heterocycles. The highest BCUT2D eigenvalue weighted by Gasteiger charge is 2.26. The average molecular weight is 241 g/mol. The Bertz CT molecular complexity index is 329. The highest BCUT2D eigenvalue weighted by molar-refractivity contribution is 7.07. The zero-order chi connectivity index (χ0) is 11.4. The molecule has 5 heteroatoms. The zero-order valence-corrected chi connectivity index (χ0v) is 10.7. The van der Waals surface area contributed by atoms with Gasteiger partial charge in [0.05, 0.1) is 0 Å². The van der Waals surface area contributed by atoms with E-state index in [1.54, 1.807) is 0 Å². The van der Waals surface area contributed by atoms with Crippen molar-refractivity contribution in [3.05, 3.63) is 5.82 Å². The maximum Gasteiger partial charge on any atom is 0.293 e. The molecule has 90 valence electrons. The molecule has 0 aromatic carbocycles. The molecule has 0 radical (unpaired) electrons. The summed E-state index contributed by atoms with van der Waals surface area (Å²) < 4.78 is 10.2. The van der Waals surface area contributed by atoms with E-state index in [1.165, 1.54) is 30.8 Å². The van der Waals surface area contributed by atoms with E-state index in [-0.39, 0.29) is 6.10 Å². The quantitative estimate of drug-likeness (QED) is 0.876. The van der Waals surface area contributed by atoms with Crippen LogP contribution >= 0.6 is 11.5 Å².